The highest BCUT2D eigenvalue weighted by atomic mass is 32.1. The summed E-state index contributed by atoms with van der Waals surface area (Å²) in [7, 11) is 0. The van der Waals surface area contributed by atoms with Gasteiger partial charge in [0.25, 0.3) is 5.91 Å². The maximum absolute atomic E-state index is 12.7. The van der Waals surface area contributed by atoms with Gasteiger partial charge in [0.1, 0.15) is 0 Å². The third-order valence-corrected chi connectivity index (χ3v) is 5.67. The molecule has 5 heteroatoms. The van der Waals surface area contributed by atoms with E-state index in [1.807, 2.05) is 46.8 Å². The number of hydrogen-bond acceptors (Lipinski definition) is 4. The van der Waals surface area contributed by atoms with Gasteiger partial charge in [-0.05, 0) is 43.3 Å². The van der Waals surface area contributed by atoms with Gasteiger partial charge >= 0.3 is 0 Å². The van der Waals surface area contributed by atoms with E-state index in [1.165, 1.54) is 16.9 Å². The quantitative estimate of drug-likeness (QED) is 0.687. The van der Waals surface area contributed by atoms with Gasteiger partial charge in [0.2, 0.25) is 0 Å². The molecular formula is C21H21N3OS. The van der Waals surface area contributed by atoms with Crippen molar-refractivity contribution in [3.8, 4) is 11.4 Å². The molecule has 4 rings (SSSR count). The molecule has 0 aliphatic carbocycles. The molecule has 1 aliphatic rings. The zero-order chi connectivity index (χ0) is 17.9. The minimum atomic E-state index is 0.137. The molecule has 1 saturated heterocycles. The van der Waals surface area contributed by atoms with Crippen molar-refractivity contribution in [2.24, 2.45) is 0 Å². The van der Waals surface area contributed by atoms with E-state index in [9.17, 15) is 4.79 Å². The van der Waals surface area contributed by atoms with Crippen molar-refractivity contribution in [2.45, 2.75) is 25.7 Å². The Morgan fingerprint density at radius 2 is 2.15 bits per heavy atom. The lowest BCUT2D eigenvalue weighted by Gasteiger charge is -2.32. The Balaban J connectivity index is 1.55. The Kier molecular flexibility index (Phi) is 4.80. The number of benzene rings is 1. The molecule has 26 heavy (non-hydrogen) atoms. The van der Waals surface area contributed by atoms with Crippen molar-refractivity contribution in [2.75, 3.05) is 13.1 Å². The summed E-state index contributed by atoms with van der Waals surface area (Å²) < 4.78 is 0. The lowest BCUT2D eigenvalue weighted by Crippen LogP contribution is -2.39. The van der Waals surface area contributed by atoms with Crippen molar-refractivity contribution in [1.29, 1.82) is 0 Å². The first-order valence-corrected chi connectivity index (χ1v) is 9.81. The van der Waals surface area contributed by atoms with Crippen LogP contribution in [-0.2, 0) is 0 Å². The van der Waals surface area contributed by atoms with Gasteiger partial charge in [-0.25, -0.2) is 9.97 Å². The van der Waals surface area contributed by atoms with E-state index in [4.69, 9.17) is 4.98 Å². The van der Waals surface area contributed by atoms with Gasteiger partial charge < -0.3 is 4.90 Å². The fraction of sp³-hybridized carbons (Fsp3) is 0.286. The molecule has 1 fully saturated rings. The second-order valence-corrected chi connectivity index (χ2v) is 7.69. The molecule has 1 atom stereocenters. The molecule has 132 valence electrons. The number of likely N-dealkylation sites (tertiary alicyclic amines) is 1. The second-order valence-electron chi connectivity index (χ2n) is 6.74. The zero-order valence-electron chi connectivity index (χ0n) is 14.8. The molecular weight excluding hydrogens is 342 g/mol. The van der Waals surface area contributed by atoms with Crippen LogP contribution < -0.4 is 0 Å². The average molecular weight is 363 g/mol. The average Bonchev–Trinajstić information content (AvgIpc) is 3.22. The van der Waals surface area contributed by atoms with Gasteiger partial charge in [-0.15, -0.1) is 11.3 Å². The number of nitrogens with zero attached hydrogens (tertiary/aromatic N) is 3. The van der Waals surface area contributed by atoms with Crippen molar-refractivity contribution in [1.82, 2.24) is 14.9 Å². The molecule has 0 spiro atoms. The number of aromatic nitrogens is 2. The van der Waals surface area contributed by atoms with Crippen LogP contribution in [0, 0.1) is 6.92 Å². The molecule has 0 bridgehead atoms. The standard InChI is InChI=1S/C21H21N3OS/c1-15-5-2-6-16(13-15)20-22-10-9-18(23-20)17-7-3-11-24(14-17)21(25)19-8-4-12-26-19/h2,4-6,8-10,12-13,17H,3,7,11,14H2,1H3. The molecule has 1 unspecified atom stereocenters. The van der Waals surface area contributed by atoms with E-state index in [2.05, 4.69) is 24.0 Å². The highest BCUT2D eigenvalue weighted by Crippen LogP contribution is 2.28. The zero-order valence-corrected chi connectivity index (χ0v) is 15.6. The lowest BCUT2D eigenvalue weighted by molar-refractivity contribution is 0.0711. The largest absolute Gasteiger partial charge is 0.337 e. The maximum atomic E-state index is 12.7. The van der Waals surface area contributed by atoms with Gasteiger partial charge in [-0.1, -0.05) is 29.8 Å². The number of hydrogen-bond donors (Lipinski definition) is 0. The number of thiophene rings is 1. The van der Waals surface area contributed by atoms with Crippen LogP contribution in [0.1, 0.15) is 39.7 Å². The van der Waals surface area contributed by atoms with Crippen LogP contribution in [0.3, 0.4) is 0 Å². The predicted octanol–water partition coefficient (Wildman–Crippen LogP) is 4.53. The summed E-state index contributed by atoms with van der Waals surface area (Å²) in [6, 6.07) is 14.1. The Morgan fingerprint density at radius 3 is 2.96 bits per heavy atom. The van der Waals surface area contributed by atoms with Crippen molar-refractivity contribution in [3.05, 3.63) is 70.2 Å². The van der Waals surface area contributed by atoms with Crippen LogP contribution in [-0.4, -0.2) is 33.9 Å². The summed E-state index contributed by atoms with van der Waals surface area (Å²) in [6.07, 6.45) is 3.89. The Labute approximate surface area is 157 Å². The third kappa shape index (κ3) is 3.53. The summed E-state index contributed by atoms with van der Waals surface area (Å²) in [5, 5.41) is 1.95. The molecule has 1 amide bonds. The highest BCUT2D eigenvalue weighted by Gasteiger charge is 2.27. The SMILES string of the molecule is Cc1cccc(-c2nccc(C3CCCN(C(=O)c4cccs4)C3)n2)c1. The molecule has 3 heterocycles. The van der Waals surface area contributed by atoms with E-state index >= 15 is 0 Å². The normalized spacial score (nSPS) is 17.3. The highest BCUT2D eigenvalue weighted by molar-refractivity contribution is 7.12. The fourth-order valence-corrected chi connectivity index (χ4v) is 4.17. The van der Waals surface area contributed by atoms with Crippen LogP contribution in [0.15, 0.2) is 54.0 Å². The van der Waals surface area contributed by atoms with Crippen molar-refractivity contribution in [3.63, 3.8) is 0 Å². The molecule has 1 aliphatic heterocycles. The van der Waals surface area contributed by atoms with Crippen LogP contribution in [0.4, 0.5) is 0 Å². The molecule has 2 aromatic heterocycles. The van der Waals surface area contributed by atoms with E-state index in [-0.39, 0.29) is 11.8 Å². The second kappa shape index (κ2) is 7.38. The van der Waals surface area contributed by atoms with Crippen LogP contribution in [0.2, 0.25) is 0 Å². The molecule has 0 saturated carbocycles. The van der Waals surface area contributed by atoms with Crippen molar-refractivity contribution < 1.29 is 4.79 Å². The maximum Gasteiger partial charge on any atom is 0.263 e. The van der Waals surface area contributed by atoms with Gasteiger partial charge in [0.15, 0.2) is 5.82 Å². The molecule has 1 aromatic carbocycles. The minimum absolute atomic E-state index is 0.137. The summed E-state index contributed by atoms with van der Waals surface area (Å²) in [6.45, 7) is 3.62. The molecule has 4 nitrogen and oxygen atoms in total. The van der Waals surface area contributed by atoms with Gasteiger partial charge in [0.05, 0.1) is 4.88 Å². The van der Waals surface area contributed by atoms with Crippen LogP contribution in [0.5, 0.6) is 0 Å². The Hall–Kier alpha value is -2.53. The number of carbonyl (C=O) groups is 1. The molecule has 3 aromatic rings. The lowest BCUT2D eigenvalue weighted by atomic mass is 9.94. The smallest absolute Gasteiger partial charge is 0.263 e. The van der Waals surface area contributed by atoms with E-state index in [0.29, 0.717) is 0 Å². The minimum Gasteiger partial charge on any atom is -0.337 e. The first-order valence-electron chi connectivity index (χ1n) is 8.93. The molecule has 0 N–H and O–H groups in total. The summed E-state index contributed by atoms with van der Waals surface area (Å²) >= 11 is 1.51. The van der Waals surface area contributed by atoms with Crippen LogP contribution in [0.25, 0.3) is 11.4 Å². The fourth-order valence-electron chi connectivity index (χ4n) is 3.48. The third-order valence-electron chi connectivity index (χ3n) is 4.81. The monoisotopic (exact) mass is 363 g/mol. The van der Waals surface area contributed by atoms with Crippen LogP contribution >= 0.6 is 11.3 Å². The summed E-state index contributed by atoms with van der Waals surface area (Å²) in [5.74, 6) is 1.16. The first-order chi connectivity index (χ1) is 12.7. The predicted molar refractivity (Wildman–Crippen MR) is 104 cm³/mol. The number of piperidine rings is 1. The number of aryl methyl sites for hydroxylation is 1. The Morgan fingerprint density at radius 1 is 1.23 bits per heavy atom. The van der Waals surface area contributed by atoms with Crippen molar-refractivity contribution >= 4 is 17.2 Å². The van der Waals surface area contributed by atoms with E-state index < -0.39 is 0 Å². The topological polar surface area (TPSA) is 46.1 Å². The number of amides is 1. The van der Waals surface area contributed by atoms with E-state index in [0.717, 1.165) is 47.9 Å². The molecule has 0 radical (unpaired) electrons. The summed E-state index contributed by atoms with van der Waals surface area (Å²) in [5.41, 5.74) is 3.26. The number of rotatable bonds is 3. The number of carbonyl (C=O) groups excluding carboxylic acids is 1. The summed E-state index contributed by atoms with van der Waals surface area (Å²) in [4.78, 5) is 24.7. The van der Waals surface area contributed by atoms with Gasteiger partial charge in [-0.2, -0.15) is 0 Å². The van der Waals surface area contributed by atoms with Gasteiger partial charge in [0, 0.05) is 36.5 Å². The van der Waals surface area contributed by atoms with Gasteiger partial charge in [-0.3, -0.25) is 4.79 Å². The Bertz CT molecular complexity index is 907. The van der Waals surface area contributed by atoms with E-state index in [1.54, 1.807) is 0 Å². The first kappa shape index (κ1) is 16.9.